The van der Waals surface area contributed by atoms with Gasteiger partial charge in [-0.3, -0.25) is 43.9 Å². The Morgan fingerprint density at radius 1 is 1.03 bits per heavy atom. The lowest BCUT2D eigenvalue weighted by molar-refractivity contribution is -0.136. The zero-order chi connectivity index (χ0) is 41.6. The number of piperazine rings is 1. The van der Waals surface area contributed by atoms with Crippen molar-refractivity contribution in [3.8, 4) is 5.75 Å². The molecule has 2 saturated heterocycles. The van der Waals surface area contributed by atoms with Gasteiger partial charge in [0.2, 0.25) is 23.6 Å². The summed E-state index contributed by atoms with van der Waals surface area (Å²) in [5, 5.41) is 8.66. The molecule has 306 valence electrons. The molecule has 4 aromatic rings. The summed E-state index contributed by atoms with van der Waals surface area (Å²) in [6.45, 7) is 7.23. The fraction of sp³-hybridized carbons (Fsp3) is 0.317. The first-order valence-electron chi connectivity index (χ1n) is 19.0. The first kappa shape index (κ1) is 41.3. The Kier molecular flexibility index (Phi) is 12.8. The van der Waals surface area contributed by atoms with E-state index in [1.165, 1.54) is 36.3 Å². The summed E-state index contributed by atoms with van der Waals surface area (Å²) in [4.78, 5) is 90.4. The summed E-state index contributed by atoms with van der Waals surface area (Å²) in [6.07, 6.45) is 4.27. The zero-order valence-corrected chi connectivity index (χ0v) is 33.4. The van der Waals surface area contributed by atoms with E-state index in [0.29, 0.717) is 96.5 Å². The molecule has 18 heteroatoms. The maximum atomic E-state index is 13.7. The van der Waals surface area contributed by atoms with Crippen LogP contribution in [0.2, 0.25) is 5.02 Å². The zero-order valence-electron chi connectivity index (χ0n) is 31.8. The van der Waals surface area contributed by atoms with E-state index in [9.17, 15) is 33.2 Å². The average molecular weight is 843 g/mol. The van der Waals surface area contributed by atoms with Gasteiger partial charge in [-0.1, -0.05) is 24.2 Å². The number of aromatic nitrogens is 2. The molecule has 1 aromatic heterocycles. The number of carbonyl (C=O) groups is 6. The molecule has 1 atom stereocenters. The number of piperidine rings is 1. The van der Waals surface area contributed by atoms with E-state index in [0.717, 1.165) is 17.5 Å². The van der Waals surface area contributed by atoms with Crippen LogP contribution in [-0.4, -0.2) is 111 Å². The highest BCUT2D eigenvalue weighted by Gasteiger charge is 2.45. The number of hydrogen-bond acceptors (Lipinski definition) is 12. The minimum Gasteiger partial charge on any atom is -0.491 e. The Morgan fingerprint density at radius 2 is 1.85 bits per heavy atom. The number of carbonyl (C=O) groups excluding carboxylic acids is 6. The van der Waals surface area contributed by atoms with Gasteiger partial charge in [-0.2, -0.15) is 0 Å². The van der Waals surface area contributed by atoms with Crippen LogP contribution < -0.4 is 20.7 Å². The number of thioether (sulfide) groups is 1. The van der Waals surface area contributed by atoms with Gasteiger partial charge in [0.1, 0.15) is 29.8 Å². The van der Waals surface area contributed by atoms with E-state index in [4.69, 9.17) is 16.3 Å². The van der Waals surface area contributed by atoms with Gasteiger partial charge in [-0.05, 0) is 67.5 Å². The van der Waals surface area contributed by atoms with Gasteiger partial charge in [0, 0.05) is 67.6 Å². The number of benzene rings is 3. The van der Waals surface area contributed by atoms with Crippen molar-refractivity contribution in [1.29, 1.82) is 0 Å². The molecule has 59 heavy (non-hydrogen) atoms. The third-order valence-electron chi connectivity index (χ3n) is 10.2. The van der Waals surface area contributed by atoms with Crippen LogP contribution in [-0.2, 0) is 19.2 Å². The molecule has 0 radical (unpaired) electrons. The molecule has 3 aliphatic rings. The number of nitrogens with zero attached hydrogens (tertiary/aromatic N) is 5. The van der Waals surface area contributed by atoms with Crippen LogP contribution in [0.25, 0.3) is 10.9 Å². The smallest absolute Gasteiger partial charge is 0.263 e. The fourth-order valence-corrected chi connectivity index (χ4v) is 8.36. The van der Waals surface area contributed by atoms with Crippen molar-refractivity contribution in [2.45, 2.75) is 43.0 Å². The minimum atomic E-state index is -1.03. The number of halogens is 2. The van der Waals surface area contributed by atoms with Crippen LogP contribution in [0.15, 0.2) is 72.4 Å². The summed E-state index contributed by atoms with van der Waals surface area (Å²) in [6, 6.07) is 11.6. The third kappa shape index (κ3) is 9.37. The molecule has 4 heterocycles. The van der Waals surface area contributed by atoms with Gasteiger partial charge in [-0.15, -0.1) is 11.8 Å². The quantitative estimate of drug-likeness (QED) is 0.0619. The lowest BCUT2D eigenvalue weighted by Crippen LogP contribution is -2.54. The molecule has 3 N–H and O–H groups in total. The molecule has 0 bridgehead atoms. The second-order valence-electron chi connectivity index (χ2n) is 14.0. The van der Waals surface area contributed by atoms with E-state index < -0.39 is 41.4 Å². The predicted octanol–water partition coefficient (Wildman–Crippen LogP) is 5.18. The van der Waals surface area contributed by atoms with Crippen molar-refractivity contribution < 1.29 is 37.9 Å². The Balaban J connectivity index is 0.861. The maximum absolute atomic E-state index is 13.7. The molecular weight excluding hydrogens is 803 g/mol. The molecule has 3 aliphatic heterocycles. The topological polar surface area (TPSA) is 183 Å². The maximum Gasteiger partial charge on any atom is 0.263 e. The van der Waals surface area contributed by atoms with Crippen molar-refractivity contribution in [2.24, 2.45) is 0 Å². The normalized spacial score (nSPS) is 16.9. The molecule has 6 amide bonds. The highest BCUT2D eigenvalue weighted by atomic mass is 35.5. The van der Waals surface area contributed by atoms with E-state index in [1.807, 2.05) is 4.90 Å². The number of amides is 6. The summed E-state index contributed by atoms with van der Waals surface area (Å²) in [5.41, 5.74) is 1.95. The Labute approximate surface area is 347 Å². The van der Waals surface area contributed by atoms with E-state index >= 15 is 0 Å². The lowest BCUT2D eigenvalue weighted by Gasteiger charge is -2.34. The molecule has 7 rings (SSSR count). The van der Waals surface area contributed by atoms with E-state index in [-0.39, 0.29) is 34.9 Å². The number of imide groups is 2. The standard InChI is InChI=1S/C41H40ClFN8O7S/c1-2-34(52)47-30-21-26-29(44-23-45-38(26)46-24-9-10-28(43)27(42)20-24)22-32(30)58-18-5-13-49-14-16-50(17-15-49)36(54)8-4-19-59-33-7-3-6-25-37(33)41(57)51(40(25)56)31-11-12-35(53)48-39(31)55/h2-3,6-7,9-10,20-23,31H,1,4-5,8,11-19H2,(H,47,52)(H,44,45,46)(H,48,53,55). The highest BCUT2D eigenvalue weighted by molar-refractivity contribution is 7.99. The predicted molar refractivity (Wildman–Crippen MR) is 219 cm³/mol. The Hall–Kier alpha value is -5.91. The van der Waals surface area contributed by atoms with Crippen molar-refractivity contribution >= 4 is 86.9 Å². The molecule has 0 spiro atoms. The first-order valence-corrected chi connectivity index (χ1v) is 20.4. The molecule has 1 unspecified atom stereocenters. The van der Waals surface area contributed by atoms with Crippen LogP contribution in [0.1, 0.15) is 52.8 Å². The minimum absolute atomic E-state index is 0.0426. The average Bonchev–Trinajstić information content (AvgIpc) is 3.48. The largest absolute Gasteiger partial charge is 0.491 e. The first-order chi connectivity index (χ1) is 28.5. The van der Waals surface area contributed by atoms with Crippen molar-refractivity contribution in [3.63, 3.8) is 0 Å². The molecule has 0 saturated carbocycles. The van der Waals surface area contributed by atoms with Crippen LogP contribution in [0.5, 0.6) is 5.75 Å². The second-order valence-corrected chi connectivity index (χ2v) is 15.6. The van der Waals surface area contributed by atoms with Crippen molar-refractivity contribution in [2.75, 3.05) is 55.7 Å². The number of fused-ring (bicyclic) bond motifs is 2. The number of nitrogens with one attached hydrogen (secondary N) is 3. The monoisotopic (exact) mass is 842 g/mol. The molecule has 15 nitrogen and oxygen atoms in total. The van der Waals surface area contributed by atoms with E-state index in [2.05, 4.69) is 37.4 Å². The van der Waals surface area contributed by atoms with Gasteiger partial charge >= 0.3 is 0 Å². The van der Waals surface area contributed by atoms with Gasteiger partial charge in [-0.25, -0.2) is 14.4 Å². The number of rotatable bonds is 15. The van der Waals surface area contributed by atoms with Gasteiger partial charge in [0.25, 0.3) is 11.8 Å². The SMILES string of the molecule is C=CC(=O)Nc1cc2c(Nc3ccc(F)c(Cl)c3)ncnc2cc1OCCCN1CCN(C(=O)CCCSc2cccc3c2C(=O)N(C2CCC(=O)NC2=O)C3=O)CC1. The van der Waals surface area contributed by atoms with Gasteiger partial charge in [0.05, 0.1) is 34.0 Å². The van der Waals surface area contributed by atoms with Crippen molar-refractivity contribution in [3.05, 3.63) is 89.5 Å². The summed E-state index contributed by atoms with van der Waals surface area (Å²) in [7, 11) is 0. The third-order valence-corrected chi connectivity index (χ3v) is 11.6. The Morgan fingerprint density at radius 3 is 2.61 bits per heavy atom. The number of hydrogen-bond donors (Lipinski definition) is 3. The molecular formula is C41H40ClFN8O7S. The highest BCUT2D eigenvalue weighted by Crippen LogP contribution is 2.36. The fourth-order valence-electron chi connectivity index (χ4n) is 7.15. The molecule has 3 aromatic carbocycles. The van der Waals surface area contributed by atoms with Crippen LogP contribution in [0, 0.1) is 5.82 Å². The van der Waals surface area contributed by atoms with Crippen LogP contribution in [0.3, 0.4) is 0 Å². The number of anilines is 3. The van der Waals surface area contributed by atoms with E-state index in [1.54, 1.807) is 30.3 Å². The van der Waals surface area contributed by atoms with Crippen molar-refractivity contribution in [1.82, 2.24) is 30.0 Å². The van der Waals surface area contributed by atoms with Crippen LogP contribution in [0.4, 0.5) is 21.6 Å². The van der Waals surface area contributed by atoms with Gasteiger partial charge in [0.15, 0.2) is 0 Å². The number of ether oxygens (including phenoxy) is 1. The summed E-state index contributed by atoms with van der Waals surface area (Å²) in [5.74, 6) is -1.71. The second kappa shape index (κ2) is 18.3. The van der Waals surface area contributed by atoms with Gasteiger partial charge < -0.3 is 20.3 Å². The lowest BCUT2D eigenvalue weighted by atomic mass is 10.0. The summed E-state index contributed by atoms with van der Waals surface area (Å²) >= 11 is 7.35. The molecule has 2 fully saturated rings. The van der Waals surface area contributed by atoms with Crippen LogP contribution >= 0.6 is 23.4 Å². The Bertz CT molecular complexity index is 2360. The summed E-state index contributed by atoms with van der Waals surface area (Å²) < 4.78 is 19.9. The molecule has 0 aliphatic carbocycles.